The Morgan fingerprint density at radius 3 is 2.71 bits per heavy atom. The number of hydrogen-bond acceptors (Lipinski definition) is 4. The number of halogens is 1. The molecule has 0 aromatic carbocycles. The van der Waals surface area contributed by atoms with Gasteiger partial charge in [0.25, 0.3) is 0 Å². The second-order valence-electron chi connectivity index (χ2n) is 6.17. The van der Waals surface area contributed by atoms with E-state index in [2.05, 4.69) is 40.1 Å². The van der Waals surface area contributed by atoms with Crippen LogP contribution >= 0.6 is 15.9 Å². The van der Waals surface area contributed by atoms with Gasteiger partial charge in [-0.15, -0.1) is 0 Å². The molecular weight excluding hydrogens is 354 g/mol. The van der Waals surface area contributed by atoms with Gasteiger partial charge in [0.05, 0.1) is 0 Å². The molecule has 0 atom stereocenters. The maximum absolute atomic E-state index is 12.9. The van der Waals surface area contributed by atoms with Crippen molar-refractivity contribution in [3.05, 3.63) is 16.7 Å². The fourth-order valence-electron chi connectivity index (χ4n) is 2.58. The van der Waals surface area contributed by atoms with E-state index in [1.54, 1.807) is 23.6 Å². The van der Waals surface area contributed by atoms with Crippen LogP contribution in [0.5, 0.6) is 0 Å². The predicted octanol–water partition coefficient (Wildman–Crippen LogP) is 3.09. The van der Waals surface area contributed by atoms with Gasteiger partial charge in [-0.2, -0.15) is 4.31 Å². The summed E-state index contributed by atoms with van der Waals surface area (Å²) < 4.78 is 28.1. The minimum Gasteiger partial charge on any atom is -0.372 e. The Morgan fingerprint density at radius 1 is 1.33 bits per heavy atom. The summed E-state index contributed by atoms with van der Waals surface area (Å²) in [6, 6.07) is 1.62. The standard InChI is InChI=1S/C14H22BrN3O2S/c1-14(2)5-4-7-18(8-6-14)21(19,20)12-9-11(15)10-17-13(12)16-3/h9-10H,4-8H2,1-3H3,(H,16,17). The van der Waals surface area contributed by atoms with Crippen LogP contribution in [0.1, 0.15) is 33.1 Å². The Morgan fingerprint density at radius 2 is 2.05 bits per heavy atom. The van der Waals surface area contributed by atoms with E-state index in [4.69, 9.17) is 0 Å². The highest BCUT2D eigenvalue weighted by atomic mass is 79.9. The van der Waals surface area contributed by atoms with Gasteiger partial charge < -0.3 is 5.32 Å². The molecule has 0 unspecified atom stereocenters. The third-order valence-electron chi connectivity index (χ3n) is 3.97. The molecule has 21 heavy (non-hydrogen) atoms. The topological polar surface area (TPSA) is 62.3 Å². The van der Waals surface area contributed by atoms with Crippen molar-refractivity contribution in [3.63, 3.8) is 0 Å². The van der Waals surface area contributed by atoms with Crippen molar-refractivity contribution in [1.82, 2.24) is 9.29 Å². The van der Waals surface area contributed by atoms with Crippen LogP contribution < -0.4 is 5.32 Å². The van der Waals surface area contributed by atoms with Gasteiger partial charge in [-0.25, -0.2) is 13.4 Å². The summed E-state index contributed by atoms with van der Waals surface area (Å²) in [7, 11) is -1.84. The lowest BCUT2D eigenvalue weighted by molar-refractivity contribution is 0.315. The fraction of sp³-hybridized carbons (Fsp3) is 0.643. The summed E-state index contributed by atoms with van der Waals surface area (Å²) in [4.78, 5) is 4.38. The Hall–Kier alpha value is -0.660. The van der Waals surface area contributed by atoms with Crippen molar-refractivity contribution in [2.75, 3.05) is 25.5 Å². The van der Waals surface area contributed by atoms with Gasteiger partial charge in [-0.05, 0) is 46.7 Å². The van der Waals surface area contributed by atoms with Gasteiger partial charge in [0.15, 0.2) is 0 Å². The lowest BCUT2D eigenvalue weighted by Crippen LogP contribution is -2.33. The summed E-state index contributed by atoms with van der Waals surface area (Å²) in [6.07, 6.45) is 4.41. The average Bonchev–Trinajstić information content (AvgIpc) is 2.60. The number of sulfonamides is 1. The van der Waals surface area contributed by atoms with Crippen molar-refractivity contribution in [2.24, 2.45) is 5.41 Å². The van der Waals surface area contributed by atoms with Crippen LogP contribution in [-0.4, -0.2) is 37.8 Å². The summed E-state index contributed by atoms with van der Waals surface area (Å²) in [5.74, 6) is 0.390. The molecule has 2 heterocycles. The molecule has 0 aliphatic carbocycles. The first-order chi connectivity index (χ1) is 9.76. The van der Waals surface area contributed by atoms with E-state index in [1.807, 2.05) is 0 Å². The number of anilines is 1. The minimum atomic E-state index is -3.52. The molecule has 0 spiro atoms. The zero-order chi connectivity index (χ0) is 15.7. The molecule has 0 saturated carbocycles. The van der Waals surface area contributed by atoms with Crippen LogP contribution in [-0.2, 0) is 10.0 Å². The largest absolute Gasteiger partial charge is 0.372 e. The van der Waals surface area contributed by atoms with Gasteiger partial charge >= 0.3 is 0 Å². The van der Waals surface area contributed by atoms with Gasteiger partial charge in [0.2, 0.25) is 10.0 Å². The number of rotatable bonds is 3. The van der Waals surface area contributed by atoms with Crippen LogP contribution in [0, 0.1) is 5.41 Å². The Kier molecular flexibility index (Phi) is 4.95. The van der Waals surface area contributed by atoms with E-state index in [9.17, 15) is 8.42 Å². The molecule has 1 aliphatic heterocycles. The first-order valence-corrected chi connectivity index (χ1v) is 9.33. The molecule has 7 heteroatoms. The Balaban J connectivity index is 2.36. The van der Waals surface area contributed by atoms with Crippen molar-refractivity contribution in [3.8, 4) is 0 Å². The fourth-order valence-corrected chi connectivity index (χ4v) is 4.72. The van der Waals surface area contributed by atoms with Gasteiger partial charge in [0, 0.05) is 30.8 Å². The lowest BCUT2D eigenvalue weighted by Gasteiger charge is -2.23. The maximum Gasteiger partial charge on any atom is 0.246 e. The molecule has 0 amide bonds. The highest BCUT2D eigenvalue weighted by Crippen LogP contribution is 2.33. The number of hydrogen-bond donors (Lipinski definition) is 1. The van der Waals surface area contributed by atoms with Crippen LogP contribution in [0.3, 0.4) is 0 Å². The second-order valence-corrected chi connectivity index (χ2v) is 8.99. The monoisotopic (exact) mass is 375 g/mol. The van der Waals surface area contributed by atoms with Crippen molar-refractivity contribution in [1.29, 1.82) is 0 Å². The molecule has 1 aliphatic rings. The Labute approximate surface area is 135 Å². The van der Waals surface area contributed by atoms with Gasteiger partial charge in [-0.3, -0.25) is 0 Å². The lowest BCUT2D eigenvalue weighted by atomic mass is 9.85. The maximum atomic E-state index is 12.9. The molecule has 1 fully saturated rings. The van der Waals surface area contributed by atoms with Gasteiger partial charge in [0.1, 0.15) is 10.7 Å². The van der Waals surface area contributed by atoms with E-state index in [0.29, 0.717) is 23.4 Å². The van der Waals surface area contributed by atoms with Crippen LogP contribution in [0.15, 0.2) is 21.6 Å². The highest BCUT2D eigenvalue weighted by molar-refractivity contribution is 9.10. The summed E-state index contributed by atoms with van der Waals surface area (Å²) in [5.41, 5.74) is 0.200. The number of nitrogens with zero attached hydrogens (tertiary/aromatic N) is 2. The zero-order valence-corrected chi connectivity index (χ0v) is 15.1. The van der Waals surface area contributed by atoms with E-state index in [0.717, 1.165) is 19.3 Å². The van der Waals surface area contributed by atoms with E-state index < -0.39 is 10.0 Å². The normalized spacial score (nSPS) is 20.0. The smallest absolute Gasteiger partial charge is 0.246 e. The first kappa shape index (κ1) is 16.7. The quantitative estimate of drug-likeness (QED) is 0.881. The molecule has 1 N–H and O–H groups in total. The molecule has 2 rings (SSSR count). The zero-order valence-electron chi connectivity index (χ0n) is 12.7. The molecule has 5 nitrogen and oxygen atoms in total. The molecule has 0 radical (unpaired) electrons. The number of pyridine rings is 1. The first-order valence-electron chi connectivity index (χ1n) is 7.10. The SMILES string of the molecule is CNc1ncc(Br)cc1S(=O)(=O)N1CCCC(C)(C)CC1. The average molecular weight is 376 g/mol. The molecule has 1 saturated heterocycles. The van der Waals surface area contributed by atoms with Gasteiger partial charge in [-0.1, -0.05) is 13.8 Å². The minimum absolute atomic E-state index is 0.200. The highest BCUT2D eigenvalue weighted by Gasteiger charge is 2.32. The number of nitrogens with one attached hydrogen (secondary N) is 1. The number of aromatic nitrogens is 1. The third-order valence-corrected chi connectivity index (χ3v) is 6.32. The van der Waals surface area contributed by atoms with E-state index in [1.165, 1.54) is 0 Å². The van der Waals surface area contributed by atoms with E-state index in [-0.39, 0.29) is 10.3 Å². The third kappa shape index (κ3) is 3.76. The molecule has 1 aromatic heterocycles. The summed E-state index contributed by atoms with van der Waals surface area (Å²) in [6.45, 7) is 5.53. The van der Waals surface area contributed by atoms with E-state index >= 15 is 0 Å². The van der Waals surface area contributed by atoms with Crippen molar-refractivity contribution in [2.45, 2.75) is 38.0 Å². The summed E-state index contributed by atoms with van der Waals surface area (Å²) in [5, 5.41) is 2.86. The molecule has 118 valence electrons. The molecular formula is C14H22BrN3O2S. The molecule has 0 bridgehead atoms. The molecule has 1 aromatic rings. The Bertz CT molecular complexity index is 617. The van der Waals surface area contributed by atoms with Crippen molar-refractivity contribution >= 4 is 31.8 Å². The summed E-state index contributed by atoms with van der Waals surface area (Å²) >= 11 is 3.30. The second kappa shape index (κ2) is 6.22. The van der Waals surface area contributed by atoms with Crippen molar-refractivity contribution < 1.29 is 8.42 Å². The van der Waals surface area contributed by atoms with Crippen LogP contribution in [0.2, 0.25) is 0 Å². The van der Waals surface area contributed by atoms with Crippen LogP contribution in [0.25, 0.3) is 0 Å². The predicted molar refractivity (Wildman–Crippen MR) is 87.9 cm³/mol. The van der Waals surface area contributed by atoms with Crippen LogP contribution in [0.4, 0.5) is 5.82 Å².